The largest absolute Gasteiger partial charge is 0.395 e. The van der Waals surface area contributed by atoms with Crippen molar-refractivity contribution in [3.8, 4) is 0 Å². The van der Waals surface area contributed by atoms with E-state index in [1.54, 1.807) is 0 Å². The molecule has 0 bridgehead atoms. The molecule has 0 saturated heterocycles. The molecular formula is C16H26N2O. The van der Waals surface area contributed by atoms with Crippen molar-refractivity contribution in [3.05, 3.63) is 35.9 Å². The van der Waals surface area contributed by atoms with Gasteiger partial charge in [-0.25, -0.2) is 0 Å². The molecule has 0 aromatic heterocycles. The zero-order valence-electron chi connectivity index (χ0n) is 11.9. The van der Waals surface area contributed by atoms with Gasteiger partial charge in [0.1, 0.15) is 0 Å². The Kier molecular flexibility index (Phi) is 5.83. The molecule has 1 aliphatic carbocycles. The number of hydrogen-bond donors (Lipinski definition) is 2. The minimum Gasteiger partial charge on any atom is -0.395 e. The first-order chi connectivity index (χ1) is 9.31. The zero-order valence-corrected chi connectivity index (χ0v) is 11.9. The van der Waals surface area contributed by atoms with E-state index < -0.39 is 0 Å². The number of hydrogen-bond acceptors (Lipinski definition) is 3. The standard InChI is InChI=1S/C16H26N2O/c1-18(13-14-7-3-2-4-8-14)16-10-6-5-9-15(16)17-11-12-19/h2-4,7-8,15-17,19H,5-6,9-13H2,1H3/t15-,16+/m1/s1. The smallest absolute Gasteiger partial charge is 0.0556 e. The molecule has 2 atom stereocenters. The SMILES string of the molecule is CN(Cc1ccccc1)[C@H]1CCCC[C@H]1NCCO. The van der Waals surface area contributed by atoms with Crippen molar-refractivity contribution < 1.29 is 5.11 Å². The van der Waals surface area contributed by atoms with Gasteiger partial charge in [-0.05, 0) is 25.5 Å². The Hall–Kier alpha value is -0.900. The van der Waals surface area contributed by atoms with Crippen LogP contribution in [0.5, 0.6) is 0 Å². The zero-order chi connectivity index (χ0) is 13.5. The van der Waals surface area contributed by atoms with Crippen LogP contribution in [0.25, 0.3) is 0 Å². The van der Waals surface area contributed by atoms with Crippen LogP contribution in [0.3, 0.4) is 0 Å². The van der Waals surface area contributed by atoms with E-state index in [2.05, 4.69) is 47.6 Å². The summed E-state index contributed by atoms with van der Waals surface area (Å²) in [5.74, 6) is 0. The van der Waals surface area contributed by atoms with E-state index in [1.807, 2.05) is 0 Å². The second kappa shape index (κ2) is 7.63. The predicted molar refractivity (Wildman–Crippen MR) is 79.0 cm³/mol. The van der Waals surface area contributed by atoms with E-state index >= 15 is 0 Å². The molecule has 1 aromatic rings. The first kappa shape index (κ1) is 14.5. The van der Waals surface area contributed by atoms with Crippen molar-refractivity contribution in [1.82, 2.24) is 10.2 Å². The third-order valence-corrected chi connectivity index (χ3v) is 4.09. The minimum atomic E-state index is 0.228. The Labute approximate surface area is 116 Å². The maximum atomic E-state index is 8.98. The molecule has 3 heteroatoms. The molecule has 3 nitrogen and oxygen atoms in total. The van der Waals surface area contributed by atoms with Crippen LogP contribution in [0.15, 0.2) is 30.3 Å². The Morgan fingerprint density at radius 1 is 1.21 bits per heavy atom. The molecular weight excluding hydrogens is 236 g/mol. The van der Waals surface area contributed by atoms with Gasteiger partial charge in [-0.2, -0.15) is 0 Å². The molecule has 1 aromatic carbocycles. The van der Waals surface area contributed by atoms with E-state index in [9.17, 15) is 0 Å². The van der Waals surface area contributed by atoms with E-state index in [0.717, 1.165) is 6.54 Å². The van der Waals surface area contributed by atoms with Crippen molar-refractivity contribution in [1.29, 1.82) is 0 Å². The van der Waals surface area contributed by atoms with Crippen LogP contribution in [0.1, 0.15) is 31.2 Å². The van der Waals surface area contributed by atoms with Crippen molar-refractivity contribution in [2.24, 2.45) is 0 Å². The van der Waals surface area contributed by atoms with Crippen LogP contribution in [-0.4, -0.2) is 42.3 Å². The summed E-state index contributed by atoms with van der Waals surface area (Å²) >= 11 is 0. The lowest BCUT2D eigenvalue weighted by Crippen LogP contribution is -2.50. The van der Waals surface area contributed by atoms with Gasteiger partial charge in [0.15, 0.2) is 0 Å². The molecule has 0 spiro atoms. The van der Waals surface area contributed by atoms with Gasteiger partial charge < -0.3 is 10.4 Å². The van der Waals surface area contributed by atoms with Crippen molar-refractivity contribution in [2.45, 2.75) is 44.3 Å². The Morgan fingerprint density at radius 2 is 1.95 bits per heavy atom. The molecule has 2 rings (SSSR count). The molecule has 2 N–H and O–H groups in total. The summed E-state index contributed by atoms with van der Waals surface area (Å²) in [4.78, 5) is 2.46. The minimum absolute atomic E-state index is 0.228. The summed E-state index contributed by atoms with van der Waals surface area (Å²) < 4.78 is 0. The van der Waals surface area contributed by atoms with Gasteiger partial charge in [0.25, 0.3) is 0 Å². The predicted octanol–water partition coefficient (Wildman–Crippen LogP) is 2.01. The number of rotatable bonds is 6. The van der Waals surface area contributed by atoms with Crippen LogP contribution in [0.4, 0.5) is 0 Å². The molecule has 0 radical (unpaired) electrons. The van der Waals surface area contributed by atoms with Crippen LogP contribution in [0, 0.1) is 0 Å². The number of benzene rings is 1. The van der Waals surface area contributed by atoms with Gasteiger partial charge in [-0.15, -0.1) is 0 Å². The highest BCUT2D eigenvalue weighted by atomic mass is 16.3. The molecule has 0 unspecified atom stereocenters. The number of aliphatic hydroxyl groups is 1. The average Bonchev–Trinajstić information content (AvgIpc) is 2.46. The normalized spacial score (nSPS) is 23.7. The van der Waals surface area contributed by atoms with E-state index in [-0.39, 0.29) is 6.61 Å². The topological polar surface area (TPSA) is 35.5 Å². The van der Waals surface area contributed by atoms with E-state index in [0.29, 0.717) is 18.6 Å². The number of nitrogens with zero attached hydrogens (tertiary/aromatic N) is 1. The third-order valence-electron chi connectivity index (χ3n) is 4.09. The Morgan fingerprint density at radius 3 is 2.68 bits per heavy atom. The lowest BCUT2D eigenvalue weighted by molar-refractivity contribution is 0.138. The fourth-order valence-electron chi connectivity index (χ4n) is 3.12. The first-order valence-electron chi connectivity index (χ1n) is 7.39. The second-order valence-corrected chi connectivity index (χ2v) is 5.54. The quantitative estimate of drug-likeness (QED) is 0.823. The maximum Gasteiger partial charge on any atom is 0.0556 e. The lowest BCUT2D eigenvalue weighted by Gasteiger charge is -2.38. The number of likely N-dealkylation sites (N-methyl/N-ethyl adjacent to an activating group) is 1. The van der Waals surface area contributed by atoms with Crippen molar-refractivity contribution in [2.75, 3.05) is 20.2 Å². The molecule has 1 saturated carbocycles. The van der Waals surface area contributed by atoms with Crippen molar-refractivity contribution in [3.63, 3.8) is 0 Å². The Balaban J connectivity index is 1.93. The van der Waals surface area contributed by atoms with Gasteiger partial charge in [-0.3, -0.25) is 4.90 Å². The lowest BCUT2D eigenvalue weighted by atomic mass is 9.89. The van der Waals surface area contributed by atoms with Gasteiger partial charge in [-0.1, -0.05) is 43.2 Å². The summed E-state index contributed by atoms with van der Waals surface area (Å²) in [6.07, 6.45) is 5.11. The van der Waals surface area contributed by atoms with Gasteiger partial charge in [0.05, 0.1) is 6.61 Å². The first-order valence-corrected chi connectivity index (χ1v) is 7.39. The Bertz CT molecular complexity index is 355. The highest BCUT2D eigenvalue weighted by Gasteiger charge is 2.27. The summed E-state index contributed by atoms with van der Waals surface area (Å²) in [5.41, 5.74) is 1.37. The molecule has 19 heavy (non-hydrogen) atoms. The fourth-order valence-corrected chi connectivity index (χ4v) is 3.12. The molecule has 1 fully saturated rings. The van der Waals surface area contributed by atoms with Crippen LogP contribution < -0.4 is 5.32 Å². The van der Waals surface area contributed by atoms with E-state index in [1.165, 1.54) is 31.2 Å². The van der Waals surface area contributed by atoms with Crippen LogP contribution >= 0.6 is 0 Å². The molecule has 0 aliphatic heterocycles. The van der Waals surface area contributed by atoms with Gasteiger partial charge in [0, 0.05) is 25.2 Å². The number of aliphatic hydroxyl groups excluding tert-OH is 1. The average molecular weight is 262 g/mol. The van der Waals surface area contributed by atoms with Crippen LogP contribution in [0.2, 0.25) is 0 Å². The van der Waals surface area contributed by atoms with Crippen molar-refractivity contribution >= 4 is 0 Å². The molecule has 106 valence electrons. The van der Waals surface area contributed by atoms with Gasteiger partial charge >= 0.3 is 0 Å². The molecule has 0 heterocycles. The summed E-state index contributed by atoms with van der Waals surface area (Å²) in [6, 6.07) is 11.8. The fraction of sp³-hybridized carbons (Fsp3) is 0.625. The molecule has 0 amide bonds. The highest BCUT2D eigenvalue weighted by Crippen LogP contribution is 2.23. The number of nitrogens with one attached hydrogen (secondary N) is 1. The summed E-state index contributed by atoms with van der Waals surface area (Å²) in [5, 5.41) is 12.5. The van der Waals surface area contributed by atoms with E-state index in [4.69, 9.17) is 5.11 Å². The maximum absolute atomic E-state index is 8.98. The van der Waals surface area contributed by atoms with Gasteiger partial charge in [0.2, 0.25) is 0 Å². The third kappa shape index (κ3) is 4.30. The van der Waals surface area contributed by atoms with Crippen LogP contribution in [-0.2, 0) is 6.54 Å². The molecule has 1 aliphatic rings. The monoisotopic (exact) mass is 262 g/mol. The second-order valence-electron chi connectivity index (χ2n) is 5.54. The summed E-state index contributed by atoms with van der Waals surface area (Å²) in [6.45, 7) is 1.94. The summed E-state index contributed by atoms with van der Waals surface area (Å²) in [7, 11) is 2.22. The highest BCUT2D eigenvalue weighted by molar-refractivity contribution is 5.14.